The first kappa shape index (κ1) is 14.0. The molecule has 1 N–H and O–H groups in total. The largest absolute Gasteiger partial charge is 0.374 e. The molecular formula is C13H22BrN3O. The fourth-order valence-electron chi connectivity index (χ4n) is 2.34. The molecule has 0 aromatic carbocycles. The van der Waals surface area contributed by atoms with Gasteiger partial charge >= 0.3 is 0 Å². The maximum absolute atomic E-state index is 5.83. The van der Waals surface area contributed by atoms with E-state index in [0.717, 1.165) is 35.4 Å². The summed E-state index contributed by atoms with van der Waals surface area (Å²) in [7, 11) is 1.97. The van der Waals surface area contributed by atoms with E-state index in [1.165, 1.54) is 19.3 Å². The lowest BCUT2D eigenvalue weighted by atomic mass is 10.1. The molecule has 0 radical (unpaired) electrons. The van der Waals surface area contributed by atoms with E-state index in [9.17, 15) is 0 Å². The van der Waals surface area contributed by atoms with Crippen molar-refractivity contribution in [2.45, 2.75) is 45.3 Å². The summed E-state index contributed by atoms with van der Waals surface area (Å²) in [6.07, 6.45) is 4.78. The van der Waals surface area contributed by atoms with Gasteiger partial charge in [0.1, 0.15) is 0 Å². The van der Waals surface area contributed by atoms with Crippen LogP contribution in [0.1, 0.15) is 37.6 Å². The Kier molecular flexibility index (Phi) is 5.21. The van der Waals surface area contributed by atoms with E-state index in [0.29, 0.717) is 12.6 Å². The summed E-state index contributed by atoms with van der Waals surface area (Å²) in [5.41, 5.74) is 2.23. The van der Waals surface area contributed by atoms with E-state index < -0.39 is 0 Å². The molecule has 102 valence electrons. The van der Waals surface area contributed by atoms with E-state index in [1.54, 1.807) is 0 Å². The summed E-state index contributed by atoms with van der Waals surface area (Å²) in [4.78, 5) is 0. The van der Waals surface area contributed by atoms with Crippen LogP contribution in [0.4, 0.5) is 0 Å². The molecule has 1 aromatic heterocycles. The zero-order chi connectivity index (χ0) is 13.0. The van der Waals surface area contributed by atoms with Crippen LogP contribution in [0, 0.1) is 0 Å². The van der Waals surface area contributed by atoms with Crippen LogP contribution >= 0.6 is 15.9 Å². The highest BCUT2D eigenvalue weighted by Crippen LogP contribution is 2.22. The van der Waals surface area contributed by atoms with Crippen LogP contribution in [0.5, 0.6) is 0 Å². The number of nitrogens with zero attached hydrogens (tertiary/aromatic N) is 2. The minimum absolute atomic E-state index is 0.524. The number of nitrogens with one attached hydrogen (secondary N) is 1. The minimum atomic E-state index is 0.524. The third-order valence-corrected chi connectivity index (χ3v) is 4.39. The number of halogens is 1. The zero-order valence-electron chi connectivity index (χ0n) is 11.2. The molecule has 0 bridgehead atoms. The predicted octanol–water partition coefficient (Wildman–Crippen LogP) is 2.40. The molecule has 0 aliphatic carbocycles. The molecule has 0 spiro atoms. The summed E-state index contributed by atoms with van der Waals surface area (Å²) in [6, 6.07) is 0.524. The molecular weight excluding hydrogens is 294 g/mol. The molecule has 1 atom stereocenters. The Morgan fingerprint density at radius 3 is 2.94 bits per heavy atom. The molecule has 1 saturated heterocycles. The first-order chi connectivity index (χ1) is 8.72. The van der Waals surface area contributed by atoms with Crippen LogP contribution in [0.15, 0.2) is 4.47 Å². The van der Waals surface area contributed by atoms with Crippen molar-refractivity contribution in [3.05, 3.63) is 15.9 Å². The van der Waals surface area contributed by atoms with E-state index in [4.69, 9.17) is 4.74 Å². The van der Waals surface area contributed by atoms with Crippen molar-refractivity contribution in [3.63, 3.8) is 0 Å². The monoisotopic (exact) mass is 315 g/mol. The number of piperidine rings is 1. The Hall–Kier alpha value is -0.390. The smallest absolute Gasteiger partial charge is 0.0897 e. The van der Waals surface area contributed by atoms with E-state index >= 15 is 0 Å². The van der Waals surface area contributed by atoms with Gasteiger partial charge in [-0.15, -0.1) is 0 Å². The first-order valence-corrected chi connectivity index (χ1v) is 7.53. The molecule has 18 heavy (non-hydrogen) atoms. The second-order valence-electron chi connectivity index (χ2n) is 4.85. The van der Waals surface area contributed by atoms with Gasteiger partial charge in [-0.1, -0.05) is 13.3 Å². The fraction of sp³-hybridized carbons (Fsp3) is 0.769. The summed E-state index contributed by atoms with van der Waals surface area (Å²) >= 11 is 3.61. The second kappa shape index (κ2) is 6.68. The van der Waals surface area contributed by atoms with Gasteiger partial charge in [0.15, 0.2) is 0 Å². The normalized spacial score (nSPS) is 20.3. The second-order valence-corrected chi connectivity index (χ2v) is 5.64. The van der Waals surface area contributed by atoms with Gasteiger partial charge in [0, 0.05) is 13.1 Å². The highest BCUT2D eigenvalue weighted by atomic mass is 79.9. The number of aryl methyl sites for hydroxylation is 2. The Morgan fingerprint density at radius 1 is 1.50 bits per heavy atom. The van der Waals surface area contributed by atoms with Gasteiger partial charge in [-0.2, -0.15) is 5.10 Å². The maximum atomic E-state index is 5.83. The van der Waals surface area contributed by atoms with Gasteiger partial charge in [0.05, 0.1) is 29.1 Å². The number of ether oxygens (including phenoxy) is 1. The van der Waals surface area contributed by atoms with Crippen molar-refractivity contribution in [1.29, 1.82) is 0 Å². The molecule has 2 rings (SSSR count). The summed E-state index contributed by atoms with van der Waals surface area (Å²) < 4.78 is 8.84. The van der Waals surface area contributed by atoms with Crippen molar-refractivity contribution in [2.75, 3.05) is 13.2 Å². The molecule has 1 unspecified atom stereocenters. The average molecular weight is 316 g/mol. The minimum Gasteiger partial charge on any atom is -0.374 e. The standard InChI is InChI=1S/C13H22BrN3O/c1-3-11-13(14)12(17(2)16-11)9-18-8-10-6-4-5-7-15-10/h10,15H,3-9H2,1-2H3. The predicted molar refractivity (Wildman–Crippen MR) is 75.6 cm³/mol. The molecule has 0 saturated carbocycles. The van der Waals surface area contributed by atoms with Gasteiger partial charge in [-0.25, -0.2) is 0 Å². The quantitative estimate of drug-likeness (QED) is 0.907. The SMILES string of the molecule is CCc1nn(C)c(COCC2CCCCN2)c1Br. The summed E-state index contributed by atoms with van der Waals surface area (Å²) in [5.74, 6) is 0. The summed E-state index contributed by atoms with van der Waals surface area (Å²) in [5, 5.41) is 7.96. The highest BCUT2D eigenvalue weighted by Gasteiger charge is 2.15. The molecule has 1 aliphatic rings. The van der Waals surface area contributed by atoms with Crippen LogP contribution in [0.25, 0.3) is 0 Å². The molecule has 1 aromatic rings. The van der Waals surface area contributed by atoms with Gasteiger partial charge in [-0.3, -0.25) is 4.68 Å². The number of rotatable bonds is 5. The van der Waals surface area contributed by atoms with Gasteiger partial charge in [0.25, 0.3) is 0 Å². The van der Waals surface area contributed by atoms with E-state index in [1.807, 2.05) is 11.7 Å². The van der Waals surface area contributed by atoms with Crippen molar-refractivity contribution < 1.29 is 4.74 Å². The number of aromatic nitrogens is 2. The molecule has 5 heteroatoms. The average Bonchev–Trinajstić information content (AvgIpc) is 2.67. The first-order valence-electron chi connectivity index (χ1n) is 6.73. The van der Waals surface area contributed by atoms with Crippen LogP contribution < -0.4 is 5.32 Å². The zero-order valence-corrected chi connectivity index (χ0v) is 12.8. The maximum Gasteiger partial charge on any atom is 0.0897 e. The molecule has 1 aliphatic heterocycles. The Bertz CT molecular complexity index is 386. The lowest BCUT2D eigenvalue weighted by Crippen LogP contribution is -2.37. The number of hydrogen-bond acceptors (Lipinski definition) is 3. The lowest BCUT2D eigenvalue weighted by Gasteiger charge is -2.23. The molecule has 2 heterocycles. The third kappa shape index (κ3) is 3.33. The lowest BCUT2D eigenvalue weighted by molar-refractivity contribution is 0.0867. The fourth-order valence-corrected chi connectivity index (χ4v) is 3.07. The van der Waals surface area contributed by atoms with Crippen LogP contribution in [-0.2, 0) is 24.8 Å². The Balaban J connectivity index is 1.84. The Morgan fingerprint density at radius 2 is 2.33 bits per heavy atom. The highest BCUT2D eigenvalue weighted by molar-refractivity contribution is 9.10. The van der Waals surface area contributed by atoms with E-state index in [2.05, 4.69) is 33.3 Å². The number of hydrogen-bond donors (Lipinski definition) is 1. The molecule has 1 fully saturated rings. The van der Waals surface area contributed by atoms with Gasteiger partial charge in [-0.05, 0) is 41.7 Å². The summed E-state index contributed by atoms with van der Waals surface area (Å²) in [6.45, 7) is 4.66. The van der Waals surface area contributed by atoms with Crippen molar-refractivity contribution in [1.82, 2.24) is 15.1 Å². The topological polar surface area (TPSA) is 39.1 Å². The third-order valence-electron chi connectivity index (χ3n) is 3.47. The molecule has 0 amide bonds. The van der Waals surface area contributed by atoms with E-state index in [-0.39, 0.29) is 0 Å². The Labute approximate surface area is 117 Å². The van der Waals surface area contributed by atoms with Crippen LogP contribution in [0.2, 0.25) is 0 Å². The van der Waals surface area contributed by atoms with Gasteiger partial charge in [0.2, 0.25) is 0 Å². The van der Waals surface area contributed by atoms with Crippen molar-refractivity contribution >= 4 is 15.9 Å². The van der Waals surface area contributed by atoms with Gasteiger partial charge < -0.3 is 10.1 Å². The van der Waals surface area contributed by atoms with Crippen molar-refractivity contribution in [3.8, 4) is 0 Å². The van der Waals surface area contributed by atoms with Crippen molar-refractivity contribution in [2.24, 2.45) is 7.05 Å². The molecule has 4 nitrogen and oxygen atoms in total. The van der Waals surface area contributed by atoms with Crippen LogP contribution in [0.3, 0.4) is 0 Å². The van der Waals surface area contributed by atoms with Crippen LogP contribution in [-0.4, -0.2) is 29.0 Å².